The van der Waals surface area contributed by atoms with E-state index in [1.807, 2.05) is 13.0 Å². The summed E-state index contributed by atoms with van der Waals surface area (Å²) in [6.07, 6.45) is 4.70. The van der Waals surface area contributed by atoms with E-state index in [9.17, 15) is 9.90 Å². The van der Waals surface area contributed by atoms with Crippen molar-refractivity contribution in [1.29, 1.82) is 0 Å². The number of aryl methyl sites for hydroxylation is 2. The van der Waals surface area contributed by atoms with Crippen LogP contribution >= 0.6 is 11.6 Å². The first-order valence-electron chi connectivity index (χ1n) is 8.00. The lowest BCUT2D eigenvalue weighted by Crippen LogP contribution is -2.19. The quantitative estimate of drug-likeness (QED) is 0.652. The molecular formula is C19H19ClN2O2. The molecule has 0 heterocycles. The van der Waals surface area contributed by atoms with E-state index in [4.69, 9.17) is 11.6 Å². The molecule has 2 aromatic carbocycles. The van der Waals surface area contributed by atoms with Crippen LogP contribution in [0, 0.1) is 0 Å². The number of rotatable bonds is 3. The third-order valence-electron chi connectivity index (χ3n) is 4.29. The summed E-state index contributed by atoms with van der Waals surface area (Å²) >= 11 is 5.86. The van der Waals surface area contributed by atoms with Crippen molar-refractivity contribution in [2.45, 2.75) is 32.6 Å². The number of hydrogen-bond donors (Lipinski definition) is 2. The maximum Gasteiger partial charge on any atom is 0.275 e. The number of amides is 1. The Kier molecular flexibility index (Phi) is 4.86. The first-order chi connectivity index (χ1) is 11.5. The van der Waals surface area contributed by atoms with Crippen LogP contribution in [-0.2, 0) is 12.8 Å². The van der Waals surface area contributed by atoms with Gasteiger partial charge < -0.3 is 5.11 Å². The lowest BCUT2D eigenvalue weighted by atomic mass is 9.90. The maximum atomic E-state index is 12.1. The van der Waals surface area contributed by atoms with Gasteiger partial charge in [-0.1, -0.05) is 23.7 Å². The first-order valence-corrected chi connectivity index (χ1v) is 8.38. The third-order valence-corrected chi connectivity index (χ3v) is 4.53. The van der Waals surface area contributed by atoms with E-state index in [0.717, 1.165) is 24.1 Å². The van der Waals surface area contributed by atoms with Gasteiger partial charge in [-0.15, -0.1) is 0 Å². The van der Waals surface area contributed by atoms with Crippen LogP contribution in [0.3, 0.4) is 0 Å². The summed E-state index contributed by atoms with van der Waals surface area (Å²) in [5.41, 5.74) is 7.07. The van der Waals surface area contributed by atoms with Gasteiger partial charge in [0.25, 0.3) is 5.91 Å². The molecule has 24 heavy (non-hydrogen) atoms. The lowest BCUT2D eigenvalue weighted by Gasteiger charge is -2.16. The SMILES string of the molecule is C/C(=N/NC(=O)c1cc(Cl)ccc1O)c1ccc2c(c1)CCCC2. The molecule has 0 saturated heterocycles. The number of nitrogens with zero attached hydrogens (tertiary/aromatic N) is 1. The molecule has 0 saturated carbocycles. The topological polar surface area (TPSA) is 61.7 Å². The van der Waals surface area contributed by atoms with Crippen LogP contribution in [0.2, 0.25) is 5.02 Å². The lowest BCUT2D eigenvalue weighted by molar-refractivity contribution is 0.0952. The number of benzene rings is 2. The molecule has 0 spiro atoms. The molecule has 2 aromatic rings. The molecule has 1 aliphatic rings. The van der Waals surface area contributed by atoms with Crippen LogP contribution in [0.15, 0.2) is 41.5 Å². The van der Waals surface area contributed by atoms with E-state index in [0.29, 0.717) is 5.02 Å². The molecule has 0 radical (unpaired) electrons. The molecule has 4 nitrogen and oxygen atoms in total. The van der Waals surface area contributed by atoms with E-state index in [1.54, 1.807) is 0 Å². The second kappa shape index (κ2) is 7.05. The van der Waals surface area contributed by atoms with Gasteiger partial charge in [-0.3, -0.25) is 4.79 Å². The Morgan fingerprint density at radius 3 is 2.67 bits per heavy atom. The minimum atomic E-state index is -0.493. The summed E-state index contributed by atoms with van der Waals surface area (Å²) in [4.78, 5) is 12.1. The number of carbonyl (C=O) groups is 1. The number of fused-ring (bicyclic) bond motifs is 1. The van der Waals surface area contributed by atoms with Crippen LogP contribution in [0.4, 0.5) is 0 Å². The number of carbonyl (C=O) groups excluding carboxylic acids is 1. The molecule has 1 amide bonds. The summed E-state index contributed by atoms with van der Waals surface area (Å²) in [5, 5.41) is 14.3. The Morgan fingerprint density at radius 1 is 1.12 bits per heavy atom. The van der Waals surface area contributed by atoms with Crippen LogP contribution in [-0.4, -0.2) is 16.7 Å². The fourth-order valence-corrected chi connectivity index (χ4v) is 3.08. The Balaban J connectivity index is 1.76. The third kappa shape index (κ3) is 3.60. The van der Waals surface area contributed by atoms with Gasteiger partial charge in [-0.05, 0) is 73.6 Å². The largest absolute Gasteiger partial charge is 0.507 e. The molecule has 124 valence electrons. The highest BCUT2D eigenvalue weighted by Gasteiger charge is 2.13. The second-order valence-corrected chi connectivity index (χ2v) is 6.43. The van der Waals surface area contributed by atoms with Crippen molar-refractivity contribution in [3.05, 3.63) is 63.7 Å². The van der Waals surface area contributed by atoms with Crippen molar-refractivity contribution in [1.82, 2.24) is 5.43 Å². The summed E-state index contributed by atoms with van der Waals surface area (Å²) in [7, 11) is 0. The number of phenols is 1. The molecule has 0 bridgehead atoms. The maximum absolute atomic E-state index is 12.1. The molecule has 0 aromatic heterocycles. The van der Waals surface area contributed by atoms with E-state index >= 15 is 0 Å². The summed E-state index contributed by atoms with van der Waals surface area (Å²) < 4.78 is 0. The molecular weight excluding hydrogens is 324 g/mol. The monoisotopic (exact) mass is 342 g/mol. The van der Waals surface area contributed by atoms with Crippen molar-refractivity contribution in [2.24, 2.45) is 5.10 Å². The number of aromatic hydroxyl groups is 1. The zero-order chi connectivity index (χ0) is 17.1. The van der Waals surface area contributed by atoms with Gasteiger partial charge in [0.2, 0.25) is 0 Å². The Hall–Kier alpha value is -2.33. The van der Waals surface area contributed by atoms with Crippen molar-refractivity contribution in [3.8, 4) is 5.75 Å². The molecule has 0 atom stereocenters. The highest BCUT2D eigenvalue weighted by atomic mass is 35.5. The fourth-order valence-electron chi connectivity index (χ4n) is 2.91. The van der Waals surface area contributed by atoms with E-state index in [1.165, 1.54) is 42.2 Å². The highest BCUT2D eigenvalue weighted by Crippen LogP contribution is 2.23. The predicted molar refractivity (Wildman–Crippen MR) is 95.9 cm³/mol. The van der Waals surface area contributed by atoms with E-state index in [-0.39, 0.29) is 11.3 Å². The fraction of sp³-hybridized carbons (Fsp3) is 0.263. The van der Waals surface area contributed by atoms with Crippen molar-refractivity contribution in [3.63, 3.8) is 0 Å². The number of hydrogen-bond acceptors (Lipinski definition) is 3. The van der Waals surface area contributed by atoms with Crippen molar-refractivity contribution >= 4 is 23.2 Å². The van der Waals surface area contributed by atoms with Crippen LogP contribution in [0.5, 0.6) is 5.75 Å². The smallest absolute Gasteiger partial charge is 0.275 e. The molecule has 1 aliphatic carbocycles. The Bertz CT molecular complexity index is 815. The summed E-state index contributed by atoms with van der Waals surface area (Å²) in [6, 6.07) is 10.7. The Labute approximate surface area is 146 Å². The van der Waals surface area contributed by atoms with Crippen LogP contribution < -0.4 is 5.43 Å². The molecule has 0 fully saturated rings. The second-order valence-electron chi connectivity index (χ2n) is 5.99. The molecule has 0 unspecified atom stereocenters. The predicted octanol–water partition coefficient (Wildman–Crippen LogP) is 4.08. The number of phenolic OH excluding ortho intramolecular Hbond substituents is 1. The summed E-state index contributed by atoms with van der Waals surface area (Å²) in [5.74, 6) is -0.620. The van der Waals surface area contributed by atoms with Crippen molar-refractivity contribution in [2.75, 3.05) is 0 Å². The van der Waals surface area contributed by atoms with Gasteiger partial charge in [-0.25, -0.2) is 5.43 Å². The standard InChI is InChI=1S/C19H19ClN2O2/c1-12(14-7-6-13-4-2-3-5-15(13)10-14)21-22-19(24)17-11-16(20)8-9-18(17)23/h6-11,23H,2-5H2,1H3,(H,22,24)/b21-12-. The zero-order valence-electron chi connectivity index (χ0n) is 13.5. The van der Waals surface area contributed by atoms with Gasteiger partial charge in [-0.2, -0.15) is 5.10 Å². The molecule has 5 heteroatoms. The summed E-state index contributed by atoms with van der Waals surface area (Å²) in [6.45, 7) is 1.85. The molecule has 0 aliphatic heterocycles. The number of nitrogens with one attached hydrogen (secondary N) is 1. The first kappa shape index (κ1) is 16.5. The van der Waals surface area contributed by atoms with E-state index < -0.39 is 5.91 Å². The Morgan fingerprint density at radius 2 is 1.88 bits per heavy atom. The molecule has 2 N–H and O–H groups in total. The molecule has 3 rings (SSSR count). The minimum absolute atomic E-state index is 0.101. The van der Waals surface area contributed by atoms with Gasteiger partial charge >= 0.3 is 0 Å². The van der Waals surface area contributed by atoms with E-state index in [2.05, 4.69) is 22.7 Å². The number of hydrazone groups is 1. The highest BCUT2D eigenvalue weighted by molar-refractivity contribution is 6.31. The number of halogens is 1. The zero-order valence-corrected chi connectivity index (χ0v) is 14.2. The van der Waals surface area contributed by atoms with Gasteiger partial charge in [0.1, 0.15) is 5.75 Å². The minimum Gasteiger partial charge on any atom is -0.507 e. The van der Waals surface area contributed by atoms with Gasteiger partial charge in [0.05, 0.1) is 11.3 Å². The average molecular weight is 343 g/mol. The normalized spacial score (nSPS) is 14.2. The van der Waals surface area contributed by atoms with Gasteiger partial charge in [0.15, 0.2) is 0 Å². The van der Waals surface area contributed by atoms with Crippen LogP contribution in [0.1, 0.15) is 46.8 Å². The average Bonchev–Trinajstić information content (AvgIpc) is 2.61. The van der Waals surface area contributed by atoms with Gasteiger partial charge in [0, 0.05) is 5.02 Å². The van der Waals surface area contributed by atoms with Crippen LogP contribution in [0.25, 0.3) is 0 Å². The van der Waals surface area contributed by atoms with Crippen molar-refractivity contribution < 1.29 is 9.90 Å².